The normalized spacial score (nSPS) is 11.4. The number of hydrogen-bond acceptors (Lipinski definition) is 5. The first kappa shape index (κ1) is 25.0. The van der Waals surface area contributed by atoms with Gasteiger partial charge >= 0.3 is 5.97 Å². The molecule has 0 amide bonds. The summed E-state index contributed by atoms with van der Waals surface area (Å²) in [5.74, 6) is -0.270. The molecule has 0 saturated heterocycles. The fourth-order valence-electron chi connectivity index (χ4n) is 2.91. The molecule has 3 rings (SSSR count). The van der Waals surface area contributed by atoms with Crippen LogP contribution < -0.4 is 9.46 Å². The fourth-order valence-corrected chi connectivity index (χ4v) is 5.12. The predicted octanol–water partition coefficient (Wildman–Crippen LogP) is 5.66. The van der Waals surface area contributed by atoms with Crippen LogP contribution in [0.4, 0.5) is 4.39 Å². The second-order valence-corrected chi connectivity index (χ2v) is 10.5. The van der Waals surface area contributed by atoms with Gasteiger partial charge in [-0.2, -0.15) is 0 Å². The van der Waals surface area contributed by atoms with Crippen molar-refractivity contribution in [2.24, 2.45) is 0 Å². The lowest BCUT2D eigenvalue weighted by atomic mass is 10.0. The summed E-state index contributed by atoms with van der Waals surface area (Å²) in [5, 5.41) is 9.27. The van der Waals surface area contributed by atoms with Gasteiger partial charge in [-0.25, -0.2) is 22.3 Å². The minimum absolute atomic E-state index is 0.0258. The van der Waals surface area contributed by atoms with Crippen LogP contribution in [0.5, 0.6) is 11.5 Å². The van der Waals surface area contributed by atoms with E-state index >= 15 is 0 Å². The lowest BCUT2D eigenvalue weighted by Crippen LogP contribution is -2.26. The van der Waals surface area contributed by atoms with Gasteiger partial charge in [0.1, 0.15) is 17.3 Å². The van der Waals surface area contributed by atoms with Gasteiger partial charge in [0.05, 0.1) is 15.5 Å². The van der Waals surface area contributed by atoms with E-state index < -0.39 is 21.8 Å². The molecule has 33 heavy (non-hydrogen) atoms. The zero-order valence-corrected chi connectivity index (χ0v) is 20.2. The maximum absolute atomic E-state index is 13.2. The molecule has 0 radical (unpaired) electrons. The molecule has 174 valence electrons. The number of benzene rings is 3. The number of nitrogens with one attached hydrogen (secondary N) is 1. The van der Waals surface area contributed by atoms with Gasteiger partial charge < -0.3 is 9.84 Å². The highest BCUT2D eigenvalue weighted by molar-refractivity contribution is 7.99. The number of halogens is 2. The van der Waals surface area contributed by atoms with Crippen LogP contribution in [0.15, 0.2) is 64.4 Å². The van der Waals surface area contributed by atoms with Gasteiger partial charge in [0.25, 0.3) is 0 Å². The molecule has 0 aromatic heterocycles. The Labute approximate surface area is 200 Å². The molecule has 0 unspecified atom stereocenters. The molecule has 3 aromatic carbocycles. The summed E-state index contributed by atoms with van der Waals surface area (Å²) in [6.07, 6.45) is 0. The summed E-state index contributed by atoms with van der Waals surface area (Å²) >= 11 is 7.19. The summed E-state index contributed by atoms with van der Waals surface area (Å²) < 4.78 is 46.5. The SMILES string of the molecule is Cc1cc(S(=O)(=O)NCCSc2ccc(Oc3ccc(F)c(Cl)c3)cc2)cc(C(=O)O)c1C. The van der Waals surface area contributed by atoms with Crippen LogP contribution in [0.1, 0.15) is 21.5 Å². The Morgan fingerprint density at radius 2 is 1.76 bits per heavy atom. The zero-order chi connectivity index (χ0) is 24.2. The molecule has 0 aliphatic rings. The number of aromatic carboxylic acids is 1. The van der Waals surface area contributed by atoms with Crippen molar-refractivity contribution in [3.05, 3.63) is 82.1 Å². The molecule has 0 aliphatic carbocycles. The number of carboxylic acids is 1. The molecule has 0 spiro atoms. The third-order valence-corrected chi connectivity index (χ3v) is 7.54. The number of thioether (sulfide) groups is 1. The molecule has 0 bridgehead atoms. The third-order valence-electron chi connectivity index (χ3n) is 4.79. The summed E-state index contributed by atoms with van der Waals surface area (Å²) in [5.41, 5.74) is 1.09. The molecule has 0 heterocycles. The van der Waals surface area contributed by atoms with Crippen molar-refractivity contribution in [1.82, 2.24) is 4.72 Å². The van der Waals surface area contributed by atoms with E-state index in [1.54, 1.807) is 26.0 Å². The van der Waals surface area contributed by atoms with E-state index in [1.807, 2.05) is 12.1 Å². The Morgan fingerprint density at radius 1 is 1.09 bits per heavy atom. The maximum Gasteiger partial charge on any atom is 0.336 e. The minimum atomic E-state index is -3.84. The third kappa shape index (κ3) is 6.48. The van der Waals surface area contributed by atoms with Gasteiger partial charge in [-0.1, -0.05) is 11.6 Å². The molecule has 0 atom stereocenters. The van der Waals surface area contributed by atoms with Gasteiger partial charge in [-0.05, 0) is 73.5 Å². The maximum atomic E-state index is 13.2. The first-order chi connectivity index (χ1) is 15.6. The first-order valence-corrected chi connectivity index (χ1v) is 12.6. The van der Waals surface area contributed by atoms with Crippen molar-refractivity contribution >= 4 is 39.4 Å². The molecular weight excluding hydrogens is 489 g/mol. The number of hydrogen-bond donors (Lipinski definition) is 2. The Kier molecular flexibility index (Phi) is 8.01. The first-order valence-electron chi connectivity index (χ1n) is 9.77. The molecule has 6 nitrogen and oxygen atoms in total. The average molecular weight is 510 g/mol. The Hall–Kier alpha value is -2.59. The van der Waals surface area contributed by atoms with E-state index in [0.717, 1.165) is 4.90 Å². The number of sulfonamides is 1. The van der Waals surface area contributed by atoms with Crippen molar-refractivity contribution in [2.75, 3.05) is 12.3 Å². The second-order valence-electron chi connectivity index (χ2n) is 7.11. The summed E-state index contributed by atoms with van der Waals surface area (Å²) in [7, 11) is -3.84. The zero-order valence-electron chi connectivity index (χ0n) is 17.8. The number of carbonyl (C=O) groups is 1. The standard InChI is InChI=1S/C23H21ClFNO5S2/c1-14-11-19(13-20(15(14)2)23(27)28)33(29,30)26-9-10-32-18-6-3-16(4-7-18)31-17-5-8-22(25)21(24)12-17/h3-8,11-13,26H,9-10H2,1-2H3,(H,27,28). The molecular formula is C23H21ClFNO5S2. The van der Waals surface area contributed by atoms with E-state index in [0.29, 0.717) is 28.4 Å². The molecule has 2 N–H and O–H groups in total. The van der Waals surface area contributed by atoms with E-state index in [2.05, 4.69) is 4.72 Å². The van der Waals surface area contributed by atoms with Crippen molar-refractivity contribution in [2.45, 2.75) is 23.6 Å². The van der Waals surface area contributed by atoms with E-state index in [4.69, 9.17) is 16.3 Å². The highest BCUT2D eigenvalue weighted by Crippen LogP contribution is 2.28. The van der Waals surface area contributed by atoms with Gasteiger partial charge in [-0.15, -0.1) is 11.8 Å². The van der Waals surface area contributed by atoms with Crippen LogP contribution in [0.3, 0.4) is 0 Å². The Morgan fingerprint density at radius 3 is 2.39 bits per heavy atom. The van der Waals surface area contributed by atoms with Crippen molar-refractivity contribution < 1.29 is 27.4 Å². The predicted molar refractivity (Wildman–Crippen MR) is 127 cm³/mol. The summed E-state index contributed by atoms with van der Waals surface area (Å²) in [6, 6.07) is 13.9. The molecule has 0 saturated carbocycles. The fraction of sp³-hybridized carbons (Fsp3) is 0.174. The van der Waals surface area contributed by atoms with Crippen LogP contribution >= 0.6 is 23.4 Å². The average Bonchev–Trinajstić information content (AvgIpc) is 2.76. The van der Waals surface area contributed by atoms with E-state index in [-0.39, 0.29) is 22.0 Å². The summed E-state index contributed by atoms with van der Waals surface area (Å²) in [4.78, 5) is 12.2. The van der Waals surface area contributed by atoms with Gasteiger partial charge in [-0.3, -0.25) is 0 Å². The lowest BCUT2D eigenvalue weighted by molar-refractivity contribution is 0.0695. The highest BCUT2D eigenvalue weighted by Gasteiger charge is 2.19. The van der Waals surface area contributed by atoms with Crippen LogP contribution in [0.25, 0.3) is 0 Å². The highest BCUT2D eigenvalue weighted by atomic mass is 35.5. The van der Waals surface area contributed by atoms with Crippen LogP contribution in [-0.4, -0.2) is 31.8 Å². The van der Waals surface area contributed by atoms with Crippen molar-refractivity contribution in [3.63, 3.8) is 0 Å². The Balaban J connectivity index is 1.55. The van der Waals surface area contributed by atoms with E-state index in [1.165, 1.54) is 42.1 Å². The minimum Gasteiger partial charge on any atom is -0.478 e. The van der Waals surface area contributed by atoms with Crippen LogP contribution in [-0.2, 0) is 10.0 Å². The van der Waals surface area contributed by atoms with Crippen molar-refractivity contribution in [1.29, 1.82) is 0 Å². The van der Waals surface area contributed by atoms with Gasteiger partial charge in [0.15, 0.2) is 0 Å². The topological polar surface area (TPSA) is 92.7 Å². The molecule has 3 aromatic rings. The number of aryl methyl sites for hydroxylation is 1. The smallest absolute Gasteiger partial charge is 0.336 e. The Bertz CT molecular complexity index is 1280. The monoisotopic (exact) mass is 509 g/mol. The molecule has 10 heteroatoms. The van der Waals surface area contributed by atoms with Gasteiger partial charge in [0.2, 0.25) is 10.0 Å². The van der Waals surface area contributed by atoms with Crippen LogP contribution in [0, 0.1) is 19.7 Å². The largest absolute Gasteiger partial charge is 0.478 e. The molecule has 0 fully saturated rings. The van der Waals surface area contributed by atoms with Crippen LogP contribution in [0.2, 0.25) is 5.02 Å². The van der Waals surface area contributed by atoms with Gasteiger partial charge in [0, 0.05) is 23.3 Å². The summed E-state index contributed by atoms with van der Waals surface area (Å²) in [6.45, 7) is 3.48. The quantitative estimate of drug-likeness (QED) is 0.286. The molecule has 0 aliphatic heterocycles. The number of ether oxygens (including phenoxy) is 1. The van der Waals surface area contributed by atoms with Crippen molar-refractivity contribution in [3.8, 4) is 11.5 Å². The van der Waals surface area contributed by atoms with E-state index in [9.17, 15) is 22.7 Å². The number of rotatable bonds is 9. The second kappa shape index (κ2) is 10.6. The number of carboxylic acid groups (broad SMARTS) is 1. The lowest BCUT2D eigenvalue weighted by Gasteiger charge is -2.11.